The van der Waals surface area contributed by atoms with Crippen LogP contribution >= 0.6 is 22.9 Å². The average Bonchev–Trinajstić information content (AvgIpc) is 2.72. The van der Waals surface area contributed by atoms with Gasteiger partial charge >= 0.3 is 0 Å². The molecule has 6 heteroatoms. The molecule has 2 heterocycles. The van der Waals surface area contributed by atoms with E-state index in [9.17, 15) is 0 Å². The summed E-state index contributed by atoms with van der Waals surface area (Å²) >= 11 is 7.63. The zero-order valence-corrected chi connectivity index (χ0v) is 11.8. The summed E-state index contributed by atoms with van der Waals surface area (Å²) < 4.78 is 5.00. The molecular weight excluding hydrogens is 270 g/mol. The van der Waals surface area contributed by atoms with Gasteiger partial charge in [0.15, 0.2) is 5.82 Å². The molecule has 1 N–H and O–H groups in total. The summed E-state index contributed by atoms with van der Waals surface area (Å²) in [5.74, 6) is 1.29. The SMILES string of the molecule is COCc1nc(Cl)cc(NCc2cscc2C)n1. The van der Waals surface area contributed by atoms with Crippen LogP contribution in [-0.2, 0) is 17.9 Å². The molecule has 0 aliphatic heterocycles. The summed E-state index contributed by atoms with van der Waals surface area (Å²) in [6.45, 7) is 3.18. The van der Waals surface area contributed by atoms with Gasteiger partial charge in [0.25, 0.3) is 0 Å². The van der Waals surface area contributed by atoms with Gasteiger partial charge in [0, 0.05) is 19.7 Å². The standard InChI is InChI=1S/C12H14ClN3OS/c1-8-6-18-7-9(8)4-14-11-3-10(13)15-12(16-11)5-17-2/h3,6-7H,4-5H2,1-2H3,(H,14,15,16). The summed E-state index contributed by atoms with van der Waals surface area (Å²) in [4.78, 5) is 8.40. The lowest BCUT2D eigenvalue weighted by Crippen LogP contribution is -2.05. The molecular formula is C12H14ClN3OS. The van der Waals surface area contributed by atoms with Crippen LogP contribution in [0.1, 0.15) is 17.0 Å². The maximum Gasteiger partial charge on any atom is 0.158 e. The molecule has 96 valence electrons. The molecule has 0 radical (unpaired) electrons. The van der Waals surface area contributed by atoms with E-state index in [4.69, 9.17) is 16.3 Å². The van der Waals surface area contributed by atoms with Gasteiger partial charge in [-0.25, -0.2) is 9.97 Å². The maximum atomic E-state index is 5.93. The van der Waals surface area contributed by atoms with Gasteiger partial charge in [-0.15, -0.1) is 0 Å². The first-order chi connectivity index (χ1) is 8.69. The smallest absolute Gasteiger partial charge is 0.158 e. The first-order valence-corrected chi connectivity index (χ1v) is 6.79. The molecule has 18 heavy (non-hydrogen) atoms. The van der Waals surface area contributed by atoms with E-state index in [0.717, 1.165) is 6.54 Å². The number of halogens is 1. The van der Waals surface area contributed by atoms with Crippen molar-refractivity contribution < 1.29 is 4.74 Å². The number of ether oxygens (including phenoxy) is 1. The van der Waals surface area contributed by atoms with Crippen molar-refractivity contribution in [3.63, 3.8) is 0 Å². The van der Waals surface area contributed by atoms with Crippen molar-refractivity contribution in [3.05, 3.63) is 38.9 Å². The highest BCUT2D eigenvalue weighted by Gasteiger charge is 2.04. The van der Waals surface area contributed by atoms with Crippen LogP contribution in [0.5, 0.6) is 0 Å². The first-order valence-electron chi connectivity index (χ1n) is 5.47. The van der Waals surface area contributed by atoms with Gasteiger partial charge in [-0.3, -0.25) is 0 Å². The number of hydrogen-bond acceptors (Lipinski definition) is 5. The largest absolute Gasteiger partial charge is 0.377 e. The van der Waals surface area contributed by atoms with Crippen molar-refractivity contribution >= 4 is 28.8 Å². The van der Waals surface area contributed by atoms with Gasteiger partial charge in [0.2, 0.25) is 0 Å². The van der Waals surface area contributed by atoms with E-state index in [0.29, 0.717) is 23.4 Å². The number of methoxy groups -OCH3 is 1. The highest BCUT2D eigenvalue weighted by molar-refractivity contribution is 7.08. The van der Waals surface area contributed by atoms with Gasteiger partial charge < -0.3 is 10.1 Å². The summed E-state index contributed by atoms with van der Waals surface area (Å²) in [5.41, 5.74) is 2.55. The molecule has 0 saturated heterocycles. The lowest BCUT2D eigenvalue weighted by Gasteiger charge is -2.07. The molecule has 2 rings (SSSR count). The minimum Gasteiger partial charge on any atom is -0.377 e. The molecule has 0 atom stereocenters. The highest BCUT2D eigenvalue weighted by atomic mass is 35.5. The summed E-state index contributed by atoms with van der Waals surface area (Å²) in [7, 11) is 1.60. The van der Waals surface area contributed by atoms with E-state index >= 15 is 0 Å². The van der Waals surface area contributed by atoms with E-state index in [1.54, 1.807) is 24.5 Å². The number of anilines is 1. The van der Waals surface area contributed by atoms with Crippen molar-refractivity contribution in [1.29, 1.82) is 0 Å². The Hall–Kier alpha value is -1.17. The minimum absolute atomic E-state index is 0.354. The maximum absolute atomic E-state index is 5.93. The first kappa shape index (κ1) is 13.3. The van der Waals surface area contributed by atoms with Gasteiger partial charge in [-0.2, -0.15) is 11.3 Å². The quantitative estimate of drug-likeness (QED) is 0.856. The van der Waals surface area contributed by atoms with Crippen molar-refractivity contribution in [3.8, 4) is 0 Å². The topological polar surface area (TPSA) is 47.0 Å². The summed E-state index contributed by atoms with van der Waals surface area (Å²) in [5, 5.41) is 7.91. The van der Waals surface area contributed by atoms with Crippen LogP contribution in [0.2, 0.25) is 5.15 Å². The Morgan fingerprint density at radius 2 is 2.22 bits per heavy atom. The molecule has 0 spiro atoms. The number of hydrogen-bond donors (Lipinski definition) is 1. The molecule has 0 amide bonds. The third-order valence-corrected chi connectivity index (χ3v) is 3.54. The summed E-state index contributed by atoms with van der Waals surface area (Å²) in [6.07, 6.45) is 0. The second-order valence-electron chi connectivity index (χ2n) is 3.86. The van der Waals surface area contributed by atoms with Gasteiger partial charge in [-0.1, -0.05) is 11.6 Å². The monoisotopic (exact) mass is 283 g/mol. The molecule has 0 aliphatic carbocycles. The van der Waals surface area contributed by atoms with Crippen molar-refractivity contribution in [1.82, 2.24) is 9.97 Å². The molecule has 0 aliphatic rings. The normalized spacial score (nSPS) is 10.6. The fraction of sp³-hybridized carbons (Fsp3) is 0.333. The zero-order chi connectivity index (χ0) is 13.0. The van der Waals surface area contributed by atoms with E-state index in [1.807, 2.05) is 0 Å². The third kappa shape index (κ3) is 3.41. The van der Waals surface area contributed by atoms with E-state index in [2.05, 4.69) is 33.0 Å². The molecule has 2 aromatic rings. The number of aryl methyl sites for hydroxylation is 1. The van der Waals surface area contributed by atoms with Crippen LogP contribution in [-0.4, -0.2) is 17.1 Å². The Labute approximate surface area is 115 Å². The van der Waals surface area contributed by atoms with Crippen LogP contribution in [0.25, 0.3) is 0 Å². The number of thiophene rings is 1. The number of aromatic nitrogens is 2. The van der Waals surface area contributed by atoms with E-state index < -0.39 is 0 Å². The predicted octanol–water partition coefficient (Wildman–Crippen LogP) is 3.26. The highest BCUT2D eigenvalue weighted by Crippen LogP contribution is 2.17. The minimum atomic E-state index is 0.354. The lowest BCUT2D eigenvalue weighted by atomic mass is 10.2. The lowest BCUT2D eigenvalue weighted by molar-refractivity contribution is 0.178. The van der Waals surface area contributed by atoms with Crippen LogP contribution in [0.15, 0.2) is 16.8 Å². The number of nitrogens with one attached hydrogen (secondary N) is 1. The fourth-order valence-electron chi connectivity index (χ4n) is 1.50. The van der Waals surface area contributed by atoms with E-state index in [1.165, 1.54) is 11.1 Å². The van der Waals surface area contributed by atoms with Crippen molar-refractivity contribution in [2.75, 3.05) is 12.4 Å². The second-order valence-corrected chi connectivity index (χ2v) is 4.99. The molecule has 0 aromatic carbocycles. The second kappa shape index (κ2) is 6.13. The van der Waals surface area contributed by atoms with Crippen molar-refractivity contribution in [2.24, 2.45) is 0 Å². The number of nitrogens with zero attached hydrogens (tertiary/aromatic N) is 2. The Kier molecular flexibility index (Phi) is 4.52. The van der Waals surface area contributed by atoms with Gasteiger partial charge in [0.05, 0.1) is 0 Å². The molecule has 0 unspecified atom stereocenters. The van der Waals surface area contributed by atoms with Gasteiger partial charge in [0.1, 0.15) is 17.6 Å². The van der Waals surface area contributed by atoms with Gasteiger partial charge in [-0.05, 0) is 28.8 Å². The molecule has 0 bridgehead atoms. The van der Waals surface area contributed by atoms with E-state index in [-0.39, 0.29) is 0 Å². The average molecular weight is 284 g/mol. The zero-order valence-electron chi connectivity index (χ0n) is 10.2. The Morgan fingerprint density at radius 1 is 1.39 bits per heavy atom. The Bertz CT molecular complexity index is 530. The Balaban J connectivity index is 2.07. The molecule has 2 aromatic heterocycles. The molecule has 0 fully saturated rings. The molecule has 0 saturated carbocycles. The summed E-state index contributed by atoms with van der Waals surface area (Å²) in [6, 6.07) is 1.71. The third-order valence-electron chi connectivity index (χ3n) is 2.44. The van der Waals surface area contributed by atoms with Crippen LogP contribution in [0.4, 0.5) is 5.82 Å². The number of rotatable bonds is 5. The van der Waals surface area contributed by atoms with Crippen LogP contribution in [0.3, 0.4) is 0 Å². The molecule has 4 nitrogen and oxygen atoms in total. The van der Waals surface area contributed by atoms with Crippen LogP contribution in [0, 0.1) is 6.92 Å². The van der Waals surface area contributed by atoms with Crippen LogP contribution < -0.4 is 5.32 Å². The fourth-order valence-corrected chi connectivity index (χ4v) is 2.56. The Morgan fingerprint density at radius 3 is 2.89 bits per heavy atom. The van der Waals surface area contributed by atoms with Crippen molar-refractivity contribution in [2.45, 2.75) is 20.1 Å². The predicted molar refractivity (Wildman–Crippen MR) is 74.1 cm³/mol.